The molecule has 0 aliphatic rings. The van der Waals surface area contributed by atoms with Crippen molar-refractivity contribution in [3.05, 3.63) is 0 Å². The van der Waals surface area contributed by atoms with Crippen LogP contribution >= 0.6 is 0 Å². The average molecular weight is 304 g/mol. The number of carbonyl (C=O) groups excluding carboxylic acids is 2. The van der Waals surface area contributed by atoms with Gasteiger partial charge in [0, 0.05) is 7.05 Å². The van der Waals surface area contributed by atoms with Crippen LogP contribution in [0.5, 0.6) is 0 Å². The number of aliphatic hydroxyl groups excluding tert-OH is 1. The van der Waals surface area contributed by atoms with Gasteiger partial charge in [-0.05, 0) is 34.6 Å². The molecule has 0 bridgehead atoms. The van der Waals surface area contributed by atoms with Crippen molar-refractivity contribution in [1.29, 1.82) is 0 Å². The second-order valence-corrected chi connectivity index (χ2v) is 5.83. The highest BCUT2D eigenvalue weighted by Crippen LogP contribution is 2.11. The molecular formula is C13H24N2O6. The molecule has 3 atom stereocenters. The molecule has 0 spiro atoms. The summed E-state index contributed by atoms with van der Waals surface area (Å²) in [6, 6.07) is -2.38. The van der Waals surface area contributed by atoms with Gasteiger partial charge in [-0.2, -0.15) is 0 Å². The van der Waals surface area contributed by atoms with E-state index in [9.17, 15) is 19.5 Å². The molecule has 0 aromatic rings. The third-order valence-corrected chi connectivity index (χ3v) is 2.69. The van der Waals surface area contributed by atoms with Crippen molar-refractivity contribution < 1.29 is 29.3 Å². The van der Waals surface area contributed by atoms with Crippen molar-refractivity contribution in [3.63, 3.8) is 0 Å². The first-order chi connectivity index (χ1) is 9.36. The molecule has 1 unspecified atom stereocenters. The van der Waals surface area contributed by atoms with Crippen molar-refractivity contribution in [3.8, 4) is 0 Å². The van der Waals surface area contributed by atoms with Crippen LogP contribution in [0.4, 0.5) is 4.79 Å². The molecular weight excluding hydrogens is 280 g/mol. The van der Waals surface area contributed by atoms with E-state index in [1.165, 1.54) is 20.9 Å². The monoisotopic (exact) mass is 304 g/mol. The summed E-state index contributed by atoms with van der Waals surface area (Å²) in [5.74, 6) is -2.05. The lowest BCUT2D eigenvalue weighted by molar-refractivity contribution is -0.145. The molecule has 0 rings (SSSR count). The van der Waals surface area contributed by atoms with Crippen molar-refractivity contribution in [2.45, 2.75) is 58.4 Å². The Kier molecular flexibility index (Phi) is 6.62. The summed E-state index contributed by atoms with van der Waals surface area (Å²) in [7, 11) is 1.37. The van der Waals surface area contributed by atoms with E-state index in [0.29, 0.717) is 0 Å². The van der Waals surface area contributed by atoms with Gasteiger partial charge in [-0.15, -0.1) is 0 Å². The van der Waals surface area contributed by atoms with Crippen LogP contribution in [0, 0.1) is 0 Å². The van der Waals surface area contributed by atoms with Gasteiger partial charge in [0.2, 0.25) is 5.91 Å². The minimum atomic E-state index is -1.44. The Morgan fingerprint density at radius 2 is 1.67 bits per heavy atom. The quantitative estimate of drug-likeness (QED) is 0.668. The van der Waals surface area contributed by atoms with Crippen LogP contribution in [0.25, 0.3) is 0 Å². The first-order valence-corrected chi connectivity index (χ1v) is 6.54. The van der Waals surface area contributed by atoms with Crippen LogP contribution < -0.4 is 5.32 Å². The summed E-state index contributed by atoms with van der Waals surface area (Å²) in [5, 5.41) is 20.4. The minimum Gasteiger partial charge on any atom is -0.480 e. The fourth-order valence-electron chi connectivity index (χ4n) is 1.33. The van der Waals surface area contributed by atoms with E-state index < -0.39 is 41.8 Å². The number of carbonyl (C=O) groups is 3. The zero-order chi connectivity index (χ0) is 17.0. The van der Waals surface area contributed by atoms with E-state index in [1.54, 1.807) is 20.8 Å². The molecule has 0 heterocycles. The van der Waals surface area contributed by atoms with Gasteiger partial charge < -0.3 is 20.3 Å². The highest BCUT2D eigenvalue weighted by Gasteiger charge is 2.31. The summed E-state index contributed by atoms with van der Waals surface area (Å²) >= 11 is 0. The van der Waals surface area contributed by atoms with Gasteiger partial charge in [0.1, 0.15) is 11.6 Å². The lowest BCUT2D eigenvalue weighted by atomic mass is 10.1. The number of carboxylic acids is 1. The molecule has 122 valence electrons. The number of likely N-dealkylation sites (N-methyl/N-ethyl adjacent to an activating group) is 1. The topological polar surface area (TPSA) is 116 Å². The van der Waals surface area contributed by atoms with Gasteiger partial charge in [0.15, 0.2) is 6.04 Å². The first-order valence-electron chi connectivity index (χ1n) is 6.54. The van der Waals surface area contributed by atoms with E-state index in [0.717, 1.165) is 4.90 Å². The van der Waals surface area contributed by atoms with Crippen LogP contribution in [0.2, 0.25) is 0 Å². The minimum absolute atomic E-state index is 0.698. The van der Waals surface area contributed by atoms with Crippen LogP contribution in [-0.4, -0.2) is 63.9 Å². The molecule has 8 nitrogen and oxygen atoms in total. The second kappa shape index (κ2) is 7.26. The average Bonchev–Trinajstić information content (AvgIpc) is 2.30. The number of nitrogens with one attached hydrogen (secondary N) is 1. The number of hydrogen-bond donors (Lipinski definition) is 3. The number of amides is 2. The maximum atomic E-state index is 11.9. The number of aliphatic hydroxyl groups is 1. The molecule has 0 fully saturated rings. The number of aliphatic carboxylic acids is 1. The van der Waals surface area contributed by atoms with E-state index in [2.05, 4.69) is 5.32 Å². The van der Waals surface area contributed by atoms with E-state index in [1.807, 2.05) is 0 Å². The molecule has 8 heteroatoms. The molecule has 0 radical (unpaired) electrons. The Hall–Kier alpha value is -1.83. The molecule has 0 aromatic carbocycles. The number of rotatable bonds is 5. The van der Waals surface area contributed by atoms with E-state index in [-0.39, 0.29) is 0 Å². The predicted molar refractivity (Wildman–Crippen MR) is 74.7 cm³/mol. The second-order valence-electron chi connectivity index (χ2n) is 5.83. The van der Waals surface area contributed by atoms with Gasteiger partial charge in [0.25, 0.3) is 0 Å². The highest BCUT2D eigenvalue weighted by molar-refractivity contribution is 5.89. The Balaban J connectivity index is 4.77. The van der Waals surface area contributed by atoms with Crippen LogP contribution in [0.15, 0.2) is 0 Å². The molecule has 0 saturated heterocycles. The molecule has 0 aliphatic heterocycles. The van der Waals surface area contributed by atoms with Gasteiger partial charge >= 0.3 is 12.1 Å². The Bertz CT molecular complexity index is 402. The summed E-state index contributed by atoms with van der Waals surface area (Å²) < 4.78 is 5.11. The van der Waals surface area contributed by atoms with Crippen LogP contribution in [-0.2, 0) is 14.3 Å². The van der Waals surface area contributed by atoms with Gasteiger partial charge in [-0.3, -0.25) is 9.69 Å². The number of carboxylic acid groups (broad SMARTS) is 1. The fourth-order valence-corrected chi connectivity index (χ4v) is 1.33. The van der Waals surface area contributed by atoms with Crippen LogP contribution in [0.1, 0.15) is 34.6 Å². The standard InChI is InChI=1S/C13H24N2O6/c1-7(15(6)12(20)21-13(3,4)5)10(17)14-9(8(2)16)11(18)19/h7-9,16H,1-6H3,(H,14,17)(H,18,19)/t7?,8-,9+/m1/s1. The summed E-state index contributed by atoms with van der Waals surface area (Å²) in [4.78, 5) is 35.7. The first kappa shape index (κ1) is 19.2. The molecule has 0 aliphatic carbocycles. The van der Waals surface area contributed by atoms with E-state index >= 15 is 0 Å². The van der Waals surface area contributed by atoms with Gasteiger partial charge in [-0.25, -0.2) is 9.59 Å². The Morgan fingerprint density at radius 1 is 1.19 bits per heavy atom. The van der Waals surface area contributed by atoms with Gasteiger partial charge in [0.05, 0.1) is 6.10 Å². The SMILES string of the molecule is CC(C(=O)N[C@H](C(=O)O)[C@@H](C)O)N(C)C(=O)OC(C)(C)C. The number of ether oxygens (including phenoxy) is 1. The zero-order valence-electron chi connectivity index (χ0n) is 13.2. The Morgan fingerprint density at radius 3 is 2.00 bits per heavy atom. The smallest absolute Gasteiger partial charge is 0.410 e. The largest absolute Gasteiger partial charge is 0.480 e. The highest BCUT2D eigenvalue weighted by atomic mass is 16.6. The third kappa shape index (κ3) is 6.44. The van der Waals surface area contributed by atoms with Crippen molar-refractivity contribution in [1.82, 2.24) is 10.2 Å². The van der Waals surface area contributed by atoms with Crippen LogP contribution in [0.3, 0.4) is 0 Å². The summed E-state index contributed by atoms with van der Waals surface area (Å²) in [5.41, 5.74) is -0.704. The molecule has 3 N–H and O–H groups in total. The fraction of sp³-hybridized carbons (Fsp3) is 0.769. The lowest BCUT2D eigenvalue weighted by Gasteiger charge is -2.29. The number of hydrogen-bond acceptors (Lipinski definition) is 5. The molecule has 0 aromatic heterocycles. The van der Waals surface area contributed by atoms with Gasteiger partial charge in [-0.1, -0.05) is 0 Å². The summed E-state index contributed by atoms with van der Waals surface area (Å²) in [6.45, 7) is 7.76. The molecule has 2 amide bonds. The predicted octanol–water partition coefficient (Wildman–Crippen LogP) is 0.192. The zero-order valence-corrected chi connectivity index (χ0v) is 13.2. The van der Waals surface area contributed by atoms with Crippen molar-refractivity contribution in [2.24, 2.45) is 0 Å². The molecule has 21 heavy (non-hydrogen) atoms. The normalized spacial score (nSPS) is 15.6. The van der Waals surface area contributed by atoms with Crippen molar-refractivity contribution in [2.75, 3.05) is 7.05 Å². The van der Waals surface area contributed by atoms with E-state index in [4.69, 9.17) is 9.84 Å². The molecule has 0 saturated carbocycles. The maximum Gasteiger partial charge on any atom is 0.410 e. The van der Waals surface area contributed by atoms with Crippen molar-refractivity contribution >= 4 is 18.0 Å². The summed E-state index contributed by atoms with van der Waals surface area (Å²) in [6.07, 6.45) is -1.96. The lowest BCUT2D eigenvalue weighted by Crippen LogP contribution is -2.54. The maximum absolute atomic E-state index is 11.9. The number of nitrogens with zero attached hydrogens (tertiary/aromatic N) is 1. The third-order valence-electron chi connectivity index (χ3n) is 2.69. The Labute approximate surface area is 124 Å².